The minimum Gasteiger partial charge on any atom is -0.398 e. The van der Waals surface area contributed by atoms with Crippen molar-refractivity contribution in [1.29, 1.82) is 0 Å². The number of carbonyl (C=O) groups is 1. The van der Waals surface area contributed by atoms with Gasteiger partial charge in [-0.05, 0) is 29.8 Å². The average Bonchev–Trinajstić information content (AvgIpc) is 2.40. The van der Waals surface area contributed by atoms with Crippen molar-refractivity contribution >= 4 is 27.4 Å². The molecule has 0 radical (unpaired) electrons. The molecule has 0 amide bonds. The molecule has 2 nitrogen and oxygen atoms in total. The summed E-state index contributed by atoms with van der Waals surface area (Å²) < 4.78 is 0.944. The maximum atomic E-state index is 12.0. The number of nitrogens with two attached hydrogens (primary N) is 1. The number of benzene rings is 2. The molecule has 2 rings (SSSR count). The first-order valence-corrected chi connectivity index (χ1v) is 6.28. The Bertz CT molecular complexity index is 573. The van der Waals surface area contributed by atoms with Crippen LogP contribution in [0.25, 0.3) is 5.70 Å². The molecule has 0 aliphatic heterocycles. The van der Waals surface area contributed by atoms with Gasteiger partial charge in [0.1, 0.15) is 0 Å². The summed E-state index contributed by atoms with van der Waals surface area (Å²) in [7, 11) is 0. The standard InChI is InChI=1S/C15H12BrNO/c16-13-8-6-12(7-9-13)15(18)10-14(17)11-4-2-1-3-5-11/h1-10H,17H2/b14-10-. The van der Waals surface area contributed by atoms with Crippen molar-refractivity contribution in [2.45, 2.75) is 0 Å². The number of allylic oxidation sites excluding steroid dienone is 1. The van der Waals surface area contributed by atoms with Gasteiger partial charge in [0, 0.05) is 21.8 Å². The Labute approximate surface area is 114 Å². The third kappa shape index (κ3) is 3.08. The van der Waals surface area contributed by atoms with Gasteiger partial charge in [0.15, 0.2) is 5.78 Å². The van der Waals surface area contributed by atoms with E-state index >= 15 is 0 Å². The maximum Gasteiger partial charge on any atom is 0.187 e. The quantitative estimate of drug-likeness (QED) is 0.695. The number of ketones is 1. The molecule has 90 valence electrons. The van der Waals surface area contributed by atoms with Crippen LogP contribution in [0.3, 0.4) is 0 Å². The fourth-order valence-electron chi connectivity index (χ4n) is 1.55. The summed E-state index contributed by atoms with van der Waals surface area (Å²) in [6.07, 6.45) is 1.46. The predicted molar refractivity (Wildman–Crippen MR) is 77.1 cm³/mol. The van der Waals surface area contributed by atoms with Gasteiger partial charge in [-0.1, -0.05) is 46.3 Å². The highest BCUT2D eigenvalue weighted by Gasteiger charge is 2.04. The molecular formula is C15H12BrNO. The lowest BCUT2D eigenvalue weighted by atomic mass is 10.1. The number of halogens is 1. The SMILES string of the molecule is N/C(=C\C(=O)c1ccc(Br)cc1)c1ccccc1. The van der Waals surface area contributed by atoms with Crippen molar-refractivity contribution in [2.24, 2.45) is 5.73 Å². The van der Waals surface area contributed by atoms with E-state index in [-0.39, 0.29) is 5.78 Å². The third-order valence-corrected chi connectivity index (χ3v) is 3.05. The molecule has 0 fully saturated rings. The first kappa shape index (κ1) is 12.6. The second kappa shape index (κ2) is 5.65. The Hall–Kier alpha value is -1.87. The lowest BCUT2D eigenvalue weighted by Crippen LogP contribution is -2.02. The van der Waals surface area contributed by atoms with Gasteiger partial charge in [0.25, 0.3) is 0 Å². The second-order valence-electron chi connectivity index (χ2n) is 3.84. The van der Waals surface area contributed by atoms with Gasteiger partial charge >= 0.3 is 0 Å². The van der Waals surface area contributed by atoms with Crippen LogP contribution in [-0.4, -0.2) is 5.78 Å². The smallest absolute Gasteiger partial charge is 0.187 e. The Balaban J connectivity index is 2.23. The zero-order chi connectivity index (χ0) is 13.0. The zero-order valence-electron chi connectivity index (χ0n) is 9.64. The van der Waals surface area contributed by atoms with E-state index in [4.69, 9.17) is 5.73 Å². The van der Waals surface area contributed by atoms with E-state index in [0.29, 0.717) is 11.3 Å². The van der Waals surface area contributed by atoms with E-state index in [2.05, 4.69) is 15.9 Å². The van der Waals surface area contributed by atoms with Crippen LogP contribution >= 0.6 is 15.9 Å². The van der Waals surface area contributed by atoms with E-state index < -0.39 is 0 Å². The van der Waals surface area contributed by atoms with Crippen LogP contribution in [0.5, 0.6) is 0 Å². The van der Waals surface area contributed by atoms with Crippen LogP contribution in [0, 0.1) is 0 Å². The predicted octanol–water partition coefficient (Wildman–Crippen LogP) is 3.63. The molecule has 0 saturated heterocycles. The molecule has 0 saturated carbocycles. The minimum atomic E-state index is -0.0937. The summed E-state index contributed by atoms with van der Waals surface area (Å²) in [5.41, 5.74) is 7.84. The lowest BCUT2D eigenvalue weighted by molar-refractivity contribution is 0.104. The summed E-state index contributed by atoms with van der Waals surface area (Å²) in [5, 5.41) is 0. The van der Waals surface area contributed by atoms with E-state index in [0.717, 1.165) is 10.0 Å². The highest BCUT2D eigenvalue weighted by Crippen LogP contribution is 2.13. The first-order valence-electron chi connectivity index (χ1n) is 5.49. The highest BCUT2D eigenvalue weighted by atomic mass is 79.9. The Morgan fingerprint density at radius 1 is 0.944 bits per heavy atom. The lowest BCUT2D eigenvalue weighted by Gasteiger charge is -2.01. The summed E-state index contributed by atoms with van der Waals surface area (Å²) in [4.78, 5) is 12.0. The molecule has 0 spiro atoms. The molecule has 2 N–H and O–H groups in total. The molecule has 2 aromatic rings. The number of carbonyl (C=O) groups excluding carboxylic acids is 1. The van der Waals surface area contributed by atoms with Crippen LogP contribution in [0.2, 0.25) is 0 Å². The molecule has 0 aliphatic carbocycles. The van der Waals surface area contributed by atoms with Crippen molar-refractivity contribution in [3.63, 3.8) is 0 Å². The molecular weight excluding hydrogens is 290 g/mol. The molecule has 0 unspecified atom stereocenters. The monoisotopic (exact) mass is 301 g/mol. The fraction of sp³-hybridized carbons (Fsp3) is 0. The number of hydrogen-bond acceptors (Lipinski definition) is 2. The molecule has 0 aliphatic rings. The molecule has 0 atom stereocenters. The van der Waals surface area contributed by atoms with Crippen LogP contribution in [0.1, 0.15) is 15.9 Å². The van der Waals surface area contributed by atoms with Gasteiger partial charge in [-0.25, -0.2) is 0 Å². The number of rotatable bonds is 3. The van der Waals surface area contributed by atoms with Crippen LogP contribution in [-0.2, 0) is 0 Å². The summed E-state index contributed by atoms with van der Waals surface area (Å²) in [6, 6.07) is 16.6. The summed E-state index contributed by atoms with van der Waals surface area (Å²) in [5.74, 6) is -0.0937. The Morgan fingerprint density at radius 2 is 1.56 bits per heavy atom. The zero-order valence-corrected chi connectivity index (χ0v) is 11.2. The fourth-order valence-corrected chi connectivity index (χ4v) is 1.82. The second-order valence-corrected chi connectivity index (χ2v) is 4.75. The Morgan fingerprint density at radius 3 is 2.17 bits per heavy atom. The van der Waals surface area contributed by atoms with Crippen LogP contribution < -0.4 is 5.73 Å². The largest absolute Gasteiger partial charge is 0.398 e. The number of hydrogen-bond donors (Lipinski definition) is 1. The summed E-state index contributed by atoms with van der Waals surface area (Å²) in [6.45, 7) is 0. The van der Waals surface area contributed by atoms with Crippen molar-refractivity contribution in [3.8, 4) is 0 Å². The van der Waals surface area contributed by atoms with E-state index in [1.54, 1.807) is 12.1 Å². The van der Waals surface area contributed by atoms with Crippen molar-refractivity contribution in [1.82, 2.24) is 0 Å². The molecule has 18 heavy (non-hydrogen) atoms. The normalized spacial score (nSPS) is 11.3. The van der Waals surface area contributed by atoms with Gasteiger partial charge in [-0.2, -0.15) is 0 Å². The molecule has 0 aromatic heterocycles. The van der Waals surface area contributed by atoms with E-state index in [1.807, 2.05) is 42.5 Å². The van der Waals surface area contributed by atoms with Gasteiger partial charge in [-0.15, -0.1) is 0 Å². The van der Waals surface area contributed by atoms with Crippen molar-refractivity contribution in [2.75, 3.05) is 0 Å². The first-order chi connectivity index (χ1) is 8.66. The van der Waals surface area contributed by atoms with E-state index in [1.165, 1.54) is 6.08 Å². The van der Waals surface area contributed by atoms with Crippen LogP contribution in [0.4, 0.5) is 0 Å². The maximum absolute atomic E-state index is 12.0. The molecule has 3 heteroatoms. The third-order valence-electron chi connectivity index (χ3n) is 2.52. The minimum absolute atomic E-state index is 0.0937. The summed E-state index contributed by atoms with van der Waals surface area (Å²) >= 11 is 3.33. The van der Waals surface area contributed by atoms with Gasteiger partial charge in [-0.3, -0.25) is 4.79 Å². The van der Waals surface area contributed by atoms with Gasteiger partial charge in [0.05, 0.1) is 0 Å². The molecule has 0 heterocycles. The van der Waals surface area contributed by atoms with E-state index in [9.17, 15) is 4.79 Å². The Kier molecular flexibility index (Phi) is 3.95. The average molecular weight is 302 g/mol. The van der Waals surface area contributed by atoms with Crippen LogP contribution in [0.15, 0.2) is 65.1 Å². The molecule has 0 bridgehead atoms. The van der Waals surface area contributed by atoms with Gasteiger partial charge < -0.3 is 5.73 Å². The molecule has 2 aromatic carbocycles. The van der Waals surface area contributed by atoms with Crippen molar-refractivity contribution in [3.05, 3.63) is 76.3 Å². The highest BCUT2D eigenvalue weighted by molar-refractivity contribution is 9.10. The van der Waals surface area contributed by atoms with Crippen molar-refractivity contribution < 1.29 is 4.79 Å². The van der Waals surface area contributed by atoms with Gasteiger partial charge in [0.2, 0.25) is 0 Å². The topological polar surface area (TPSA) is 43.1 Å².